The van der Waals surface area contributed by atoms with Crippen molar-refractivity contribution in [2.45, 2.75) is 30.7 Å². The van der Waals surface area contributed by atoms with Crippen LogP contribution in [0.5, 0.6) is 0 Å². The first-order chi connectivity index (χ1) is 10.8. The van der Waals surface area contributed by atoms with Gasteiger partial charge in [-0.15, -0.1) is 12.4 Å². The molecule has 0 bridgehead atoms. The zero-order valence-corrected chi connectivity index (χ0v) is 15.2. The molecule has 0 amide bonds. The number of esters is 1. The summed E-state index contributed by atoms with van der Waals surface area (Å²) in [5.41, 5.74) is 5.32. The summed E-state index contributed by atoms with van der Waals surface area (Å²) in [7, 11) is -2.92. The van der Waals surface area contributed by atoms with Crippen molar-refractivity contribution in [2.75, 3.05) is 20.2 Å². The van der Waals surface area contributed by atoms with Crippen molar-refractivity contribution in [3.63, 3.8) is 0 Å². The van der Waals surface area contributed by atoms with Crippen molar-refractivity contribution in [1.29, 1.82) is 0 Å². The van der Waals surface area contributed by atoms with Crippen LogP contribution in [0.2, 0.25) is 0 Å². The Morgan fingerprint density at radius 3 is 2.71 bits per heavy atom. The van der Waals surface area contributed by atoms with Crippen molar-refractivity contribution in [3.05, 3.63) is 29.6 Å². The Morgan fingerprint density at radius 1 is 1.46 bits per heavy atom. The van der Waals surface area contributed by atoms with E-state index in [1.54, 1.807) is 0 Å². The maximum atomic E-state index is 14.0. The maximum Gasteiger partial charge on any atom is 0.342 e. The second kappa shape index (κ2) is 8.24. The fourth-order valence-corrected chi connectivity index (χ4v) is 4.50. The molecule has 2 rings (SSSR count). The first-order valence-corrected chi connectivity index (χ1v) is 8.85. The molecule has 0 saturated carbocycles. The first kappa shape index (κ1) is 20.8. The Hall–Kier alpha value is -1.22. The lowest BCUT2D eigenvalue weighted by Crippen LogP contribution is -2.45. The summed E-state index contributed by atoms with van der Waals surface area (Å²) < 4.78 is 45.5. The highest BCUT2D eigenvalue weighted by atomic mass is 35.5. The summed E-state index contributed by atoms with van der Waals surface area (Å²) in [5.74, 6) is -1.89. The van der Waals surface area contributed by atoms with Crippen LogP contribution in [0.15, 0.2) is 23.1 Å². The monoisotopic (exact) mass is 380 g/mol. The van der Waals surface area contributed by atoms with Gasteiger partial charge in [0.2, 0.25) is 10.0 Å². The van der Waals surface area contributed by atoms with Crippen LogP contribution in [0.3, 0.4) is 0 Å². The molecule has 1 aromatic rings. The molecule has 6 nitrogen and oxygen atoms in total. The van der Waals surface area contributed by atoms with E-state index in [-0.39, 0.29) is 35.8 Å². The minimum Gasteiger partial charge on any atom is -0.465 e. The van der Waals surface area contributed by atoms with Crippen LogP contribution in [0.1, 0.15) is 30.1 Å². The second-order valence-corrected chi connectivity index (χ2v) is 7.64. The van der Waals surface area contributed by atoms with Crippen LogP contribution in [-0.4, -0.2) is 44.9 Å². The van der Waals surface area contributed by atoms with Crippen molar-refractivity contribution in [2.24, 2.45) is 11.7 Å². The first-order valence-electron chi connectivity index (χ1n) is 7.41. The third-order valence-corrected chi connectivity index (χ3v) is 6.05. The molecule has 1 aliphatic rings. The molecule has 1 aliphatic heterocycles. The number of carbonyl (C=O) groups is 1. The Labute approximate surface area is 147 Å². The smallest absolute Gasteiger partial charge is 0.342 e. The molecular formula is C15H22ClFN2O4S. The number of nitrogens with zero attached hydrogens (tertiary/aromatic N) is 1. The number of carbonyl (C=O) groups excluding carboxylic acids is 1. The van der Waals surface area contributed by atoms with Gasteiger partial charge in [0.25, 0.3) is 0 Å². The molecule has 1 aromatic carbocycles. The summed E-state index contributed by atoms with van der Waals surface area (Å²) in [6, 6.07) is 3.38. The molecule has 1 fully saturated rings. The average molecular weight is 381 g/mol. The van der Waals surface area contributed by atoms with Crippen LogP contribution in [0, 0.1) is 11.7 Å². The van der Waals surface area contributed by atoms with Crippen LogP contribution < -0.4 is 5.73 Å². The van der Waals surface area contributed by atoms with Gasteiger partial charge in [-0.3, -0.25) is 0 Å². The topological polar surface area (TPSA) is 89.7 Å². The van der Waals surface area contributed by atoms with E-state index in [4.69, 9.17) is 5.73 Å². The number of sulfonamides is 1. The van der Waals surface area contributed by atoms with E-state index >= 15 is 0 Å². The molecule has 24 heavy (non-hydrogen) atoms. The van der Waals surface area contributed by atoms with Crippen molar-refractivity contribution >= 4 is 28.4 Å². The zero-order chi connectivity index (χ0) is 17.2. The van der Waals surface area contributed by atoms with Gasteiger partial charge in [0, 0.05) is 19.1 Å². The normalized spacial score (nSPS) is 20.1. The lowest BCUT2D eigenvalue weighted by molar-refractivity contribution is 0.0590. The highest BCUT2D eigenvalue weighted by Crippen LogP contribution is 2.28. The van der Waals surface area contributed by atoms with E-state index in [0.717, 1.165) is 19.6 Å². The molecule has 0 aliphatic carbocycles. The lowest BCUT2D eigenvalue weighted by Gasteiger charge is -2.34. The van der Waals surface area contributed by atoms with Gasteiger partial charge < -0.3 is 10.5 Å². The van der Waals surface area contributed by atoms with Gasteiger partial charge in [-0.05, 0) is 37.8 Å². The van der Waals surface area contributed by atoms with Crippen LogP contribution >= 0.6 is 12.4 Å². The summed E-state index contributed by atoms with van der Waals surface area (Å²) in [6.45, 7) is 2.42. The van der Waals surface area contributed by atoms with Crippen molar-refractivity contribution in [3.8, 4) is 0 Å². The van der Waals surface area contributed by atoms with E-state index in [1.807, 2.05) is 6.92 Å². The highest BCUT2D eigenvalue weighted by Gasteiger charge is 2.35. The van der Waals surface area contributed by atoms with E-state index < -0.39 is 27.4 Å². The van der Waals surface area contributed by atoms with Gasteiger partial charge in [-0.1, -0.05) is 6.07 Å². The summed E-state index contributed by atoms with van der Waals surface area (Å²) >= 11 is 0. The molecule has 2 unspecified atom stereocenters. The largest absolute Gasteiger partial charge is 0.465 e. The number of halogens is 2. The Bertz CT molecular complexity index is 697. The van der Waals surface area contributed by atoms with E-state index in [0.29, 0.717) is 13.0 Å². The molecule has 1 heterocycles. The Balaban J connectivity index is 0.00000288. The minimum atomic E-state index is -4.00. The fraction of sp³-hybridized carbons (Fsp3) is 0.533. The fourth-order valence-electron chi connectivity index (χ4n) is 2.78. The molecule has 9 heteroatoms. The number of benzene rings is 1. The van der Waals surface area contributed by atoms with Crippen molar-refractivity contribution in [1.82, 2.24) is 4.31 Å². The number of hydrogen-bond donors (Lipinski definition) is 1. The third-order valence-electron chi connectivity index (χ3n) is 4.15. The van der Waals surface area contributed by atoms with Crippen molar-refractivity contribution < 1.29 is 22.3 Å². The number of methoxy groups -OCH3 is 1. The molecule has 1 saturated heterocycles. The molecular weight excluding hydrogens is 359 g/mol. The summed E-state index contributed by atoms with van der Waals surface area (Å²) in [4.78, 5) is 11.4. The molecule has 2 atom stereocenters. The number of rotatable bonds is 4. The molecule has 0 spiro atoms. The highest BCUT2D eigenvalue weighted by molar-refractivity contribution is 7.89. The third kappa shape index (κ3) is 4.05. The number of nitrogens with two attached hydrogens (primary N) is 1. The average Bonchev–Trinajstić information content (AvgIpc) is 2.54. The number of ether oxygens (including phenoxy) is 1. The minimum absolute atomic E-state index is 0. The van der Waals surface area contributed by atoms with Crippen LogP contribution in [0.4, 0.5) is 4.39 Å². The predicted octanol–water partition coefficient (Wildman–Crippen LogP) is 1.78. The molecule has 136 valence electrons. The van der Waals surface area contributed by atoms with Gasteiger partial charge in [-0.2, -0.15) is 4.31 Å². The van der Waals surface area contributed by atoms with Crippen LogP contribution in [0.25, 0.3) is 0 Å². The van der Waals surface area contributed by atoms with Gasteiger partial charge in [0.05, 0.1) is 12.0 Å². The van der Waals surface area contributed by atoms with E-state index in [1.165, 1.54) is 16.4 Å². The predicted molar refractivity (Wildman–Crippen MR) is 90.1 cm³/mol. The van der Waals surface area contributed by atoms with Gasteiger partial charge in [0.15, 0.2) is 0 Å². The lowest BCUT2D eigenvalue weighted by atomic mass is 9.93. The van der Waals surface area contributed by atoms with E-state index in [9.17, 15) is 17.6 Å². The summed E-state index contributed by atoms with van der Waals surface area (Å²) in [5, 5.41) is 0. The number of piperidine rings is 1. The zero-order valence-electron chi connectivity index (χ0n) is 13.6. The Morgan fingerprint density at radius 2 is 2.12 bits per heavy atom. The van der Waals surface area contributed by atoms with E-state index in [2.05, 4.69) is 4.74 Å². The molecule has 0 radical (unpaired) electrons. The second-order valence-electron chi connectivity index (χ2n) is 5.73. The molecule has 0 aromatic heterocycles. The van der Waals surface area contributed by atoms with Crippen LogP contribution in [-0.2, 0) is 14.8 Å². The van der Waals surface area contributed by atoms with Gasteiger partial charge >= 0.3 is 5.97 Å². The van der Waals surface area contributed by atoms with Gasteiger partial charge in [-0.25, -0.2) is 17.6 Å². The quantitative estimate of drug-likeness (QED) is 0.804. The summed E-state index contributed by atoms with van der Waals surface area (Å²) in [6.07, 6.45) is 1.52. The standard InChI is InChI=1S/C15H21FN2O4S.ClH/c1-10(17)11-5-4-8-18(9-11)23(20,21)13-7-3-6-12(16)14(13)15(19)22-2;/h3,6-7,10-11H,4-5,8-9,17H2,1-2H3;1H. The molecule has 2 N–H and O–H groups in total. The SMILES string of the molecule is COC(=O)c1c(F)cccc1S(=O)(=O)N1CCCC(C(C)N)C1.Cl. The maximum absolute atomic E-state index is 14.0. The van der Waals surface area contributed by atoms with Gasteiger partial charge in [0.1, 0.15) is 11.4 Å². The Kier molecular flexibility index (Phi) is 7.15. The number of hydrogen-bond acceptors (Lipinski definition) is 5.